The third kappa shape index (κ3) is 5.70. The molecule has 1 heterocycles. The van der Waals surface area contributed by atoms with Crippen LogP contribution in [-0.4, -0.2) is 29.4 Å². The molecule has 0 spiro atoms. The molecule has 0 fully saturated rings. The number of anilines is 1. The minimum Gasteiger partial charge on any atom is -0.479 e. The first-order valence-corrected chi connectivity index (χ1v) is 9.76. The van der Waals surface area contributed by atoms with E-state index in [-0.39, 0.29) is 5.91 Å². The van der Waals surface area contributed by atoms with Crippen molar-refractivity contribution in [3.63, 3.8) is 0 Å². The van der Waals surface area contributed by atoms with Crippen molar-refractivity contribution < 1.29 is 19.5 Å². The summed E-state index contributed by atoms with van der Waals surface area (Å²) in [6.07, 6.45) is 1.04. The van der Waals surface area contributed by atoms with Gasteiger partial charge in [0.25, 0.3) is 5.91 Å². The summed E-state index contributed by atoms with van der Waals surface area (Å²) in [6.45, 7) is 0.956. The van der Waals surface area contributed by atoms with Gasteiger partial charge in [-0.2, -0.15) is 0 Å². The number of nitrogens with one attached hydrogen (secondary N) is 2. The number of carbonyl (C=O) groups is 3. The van der Waals surface area contributed by atoms with Gasteiger partial charge in [0.1, 0.15) is 0 Å². The molecule has 0 bridgehead atoms. The first-order chi connectivity index (χ1) is 15.0. The number of benzene rings is 3. The third-order valence-electron chi connectivity index (χ3n) is 4.80. The number of aliphatic carboxylic acids is 1. The van der Waals surface area contributed by atoms with E-state index in [4.69, 9.17) is 5.73 Å². The van der Waals surface area contributed by atoms with Crippen LogP contribution in [-0.2, 0) is 11.2 Å². The number of amides is 2. The second-order valence-corrected chi connectivity index (χ2v) is 6.93. The summed E-state index contributed by atoms with van der Waals surface area (Å²) in [5.41, 5.74) is 9.00. The topological polar surface area (TPSA) is 122 Å². The number of nitrogens with two attached hydrogens (primary N) is 1. The number of fused-ring (bicyclic) bond motifs is 1. The van der Waals surface area contributed by atoms with Crippen LogP contribution < -0.4 is 16.4 Å². The standard InChI is InChI=1S/C15H13NO3.C9H10N2O/c17-14(12-9-5-2-6-10-12)16-13(15(18)19)11-7-3-1-4-8-11;10-9(12)7-2-1-6-3-4-11-8(6)5-7/h1-10,13H,(H,16,17)(H,18,19);1-2,5,11H,3-4H2,(H2,10,12)/t13-;/m1./s1. The van der Waals surface area contributed by atoms with Gasteiger partial charge in [-0.05, 0) is 41.8 Å². The number of hydrogen-bond donors (Lipinski definition) is 4. The Morgan fingerprint density at radius 1 is 0.903 bits per heavy atom. The van der Waals surface area contributed by atoms with Crippen LogP contribution in [0.15, 0.2) is 78.9 Å². The Kier molecular flexibility index (Phi) is 7.01. The van der Waals surface area contributed by atoms with E-state index < -0.39 is 17.9 Å². The van der Waals surface area contributed by atoms with Crippen LogP contribution in [0.5, 0.6) is 0 Å². The van der Waals surface area contributed by atoms with Crippen LogP contribution >= 0.6 is 0 Å². The Hall–Kier alpha value is -4.13. The maximum absolute atomic E-state index is 12.0. The smallest absolute Gasteiger partial charge is 0.330 e. The molecule has 31 heavy (non-hydrogen) atoms. The minimum absolute atomic E-state index is 0.369. The number of rotatable bonds is 5. The van der Waals surface area contributed by atoms with Crippen LogP contribution in [0.1, 0.15) is 37.9 Å². The average Bonchev–Trinajstić information content (AvgIpc) is 3.26. The van der Waals surface area contributed by atoms with Gasteiger partial charge in [-0.15, -0.1) is 0 Å². The normalized spacial score (nSPS) is 12.4. The van der Waals surface area contributed by atoms with E-state index in [9.17, 15) is 19.5 Å². The van der Waals surface area contributed by atoms with Crippen molar-refractivity contribution in [2.45, 2.75) is 12.5 Å². The molecule has 2 amide bonds. The van der Waals surface area contributed by atoms with Crippen LogP contribution in [0.3, 0.4) is 0 Å². The van der Waals surface area contributed by atoms with E-state index in [0.29, 0.717) is 16.7 Å². The van der Waals surface area contributed by atoms with Gasteiger partial charge in [0.05, 0.1) is 0 Å². The van der Waals surface area contributed by atoms with Crippen molar-refractivity contribution in [3.05, 3.63) is 101 Å². The van der Waals surface area contributed by atoms with Gasteiger partial charge in [0, 0.05) is 23.4 Å². The molecule has 5 N–H and O–H groups in total. The number of primary amides is 1. The molecule has 1 aliphatic heterocycles. The van der Waals surface area contributed by atoms with Crippen molar-refractivity contribution in [3.8, 4) is 0 Å². The molecule has 0 unspecified atom stereocenters. The largest absolute Gasteiger partial charge is 0.479 e. The second kappa shape index (κ2) is 10.1. The van der Waals surface area contributed by atoms with Gasteiger partial charge in [-0.3, -0.25) is 9.59 Å². The zero-order valence-corrected chi connectivity index (χ0v) is 16.7. The fourth-order valence-corrected chi connectivity index (χ4v) is 3.18. The van der Waals surface area contributed by atoms with Gasteiger partial charge in [0.15, 0.2) is 6.04 Å². The van der Waals surface area contributed by atoms with Gasteiger partial charge in [-0.25, -0.2) is 4.79 Å². The summed E-state index contributed by atoms with van der Waals surface area (Å²) in [5.74, 6) is -1.86. The molecule has 7 nitrogen and oxygen atoms in total. The van der Waals surface area contributed by atoms with Crippen LogP contribution in [0.2, 0.25) is 0 Å². The monoisotopic (exact) mass is 417 g/mol. The Morgan fingerprint density at radius 2 is 1.55 bits per heavy atom. The lowest BCUT2D eigenvalue weighted by molar-refractivity contribution is -0.139. The Morgan fingerprint density at radius 3 is 2.16 bits per heavy atom. The molecule has 0 saturated heterocycles. The van der Waals surface area contributed by atoms with Crippen LogP contribution in [0.25, 0.3) is 0 Å². The van der Waals surface area contributed by atoms with Crippen LogP contribution in [0.4, 0.5) is 5.69 Å². The van der Waals surface area contributed by atoms with Crippen molar-refractivity contribution >= 4 is 23.5 Å². The van der Waals surface area contributed by atoms with Crippen molar-refractivity contribution in [1.82, 2.24) is 5.32 Å². The third-order valence-corrected chi connectivity index (χ3v) is 4.80. The molecule has 3 aromatic rings. The van der Waals surface area contributed by atoms with E-state index in [0.717, 1.165) is 18.7 Å². The second-order valence-electron chi connectivity index (χ2n) is 6.93. The summed E-state index contributed by atoms with van der Waals surface area (Å²) in [6, 6.07) is 21.6. The maximum atomic E-state index is 12.0. The summed E-state index contributed by atoms with van der Waals surface area (Å²) in [5, 5.41) is 14.9. The van der Waals surface area contributed by atoms with Crippen molar-refractivity contribution in [1.29, 1.82) is 0 Å². The van der Waals surface area contributed by atoms with E-state index in [1.165, 1.54) is 5.56 Å². The zero-order chi connectivity index (χ0) is 22.2. The fourth-order valence-electron chi connectivity index (χ4n) is 3.18. The predicted octanol–water partition coefficient (Wildman–Crippen LogP) is 3.00. The molecule has 158 valence electrons. The first-order valence-electron chi connectivity index (χ1n) is 9.76. The van der Waals surface area contributed by atoms with Gasteiger partial charge in [-0.1, -0.05) is 54.6 Å². The van der Waals surface area contributed by atoms with Crippen LogP contribution in [0, 0.1) is 0 Å². The minimum atomic E-state index is -1.09. The lowest BCUT2D eigenvalue weighted by Crippen LogP contribution is -2.33. The maximum Gasteiger partial charge on any atom is 0.330 e. The molecule has 1 aliphatic rings. The highest BCUT2D eigenvalue weighted by Gasteiger charge is 2.22. The Balaban J connectivity index is 0.000000194. The molecule has 0 saturated carbocycles. The predicted molar refractivity (Wildman–Crippen MR) is 118 cm³/mol. The molecule has 0 aromatic heterocycles. The zero-order valence-electron chi connectivity index (χ0n) is 16.7. The highest BCUT2D eigenvalue weighted by Crippen LogP contribution is 2.22. The van der Waals surface area contributed by atoms with E-state index in [2.05, 4.69) is 10.6 Å². The molecule has 0 radical (unpaired) electrons. The van der Waals surface area contributed by atoms with Gasteiger partial charge >= 0.3 is 5.97 Å². The van der Waals surface area contributed by atoms with Crippen molar-refractivity contribution in [2.75, 3.05) is 11.9 Å². The summed E-state index contributed by atoms with van der Waals surface area (Å²) in [4.78, 5) is 34.0. The average molecular weight is 417 g/mol. The first kappa shape index (κ1) is 21.6. The summed E-state index contributed by atoms with van der Waals surface area (Å²) < 4.78 is 0. The number of hydrogen-bond acceptors (Lipinski definition) is 4. The van der Waals surface area contributed by atoms with E-state index in [1.807, 2.05) is 12.1 Å². The lowest BCUT2D eigenvalue weighted by atomic mass is 10.1. The molecule has 7 heteroatoms. The number of carboxylic acid groups (broad SMARTS) is 1. The molecular formula is C24H23N3O4. The molecule has 0 aliphatic carbocycles. The SMILES string of the molecule is NC(=O)c1ccc2c(c1)NCC2.O=C(N[C@@H](C(=O)O)c1ccccc1)c1ccccc1. The molecule has 3 aromatic carbocycles. The Bertz CT molecular complexity index is 1070. The van der Waals surface area contributed by atoms with E-state index >= 15 is 0 Å². The van der Waals surface area contributed by atoms with Gasteiger partial charge < -0.3 is 21.5 Å². The molecule has 4 rings (SSSR count). The Labute approximate surface area is 179 Å². The number of carbonyl (C=O) groups excluding carboxylic acids is 2. The quantitative estimate of drug-likeness (QED) is 0.508. The highest BCUT2D eigenvalue weighted by molar-refractivity contribution is 5.96. The molecular weight excluding hydrogens is 394 g/mol. The lowest BCUT2D eigenvalue weighted by Gasteiger charge is -2.14. The fraction of sp³-hybridized carbons (Fsp3) is 0.125. The van der Waals surface area contributed by atoms with E-state index in [1.54, 1.807) is 66.7 Å². The summed E-state index contributed by atoms with van der Waals surface area (Å²) in [7, 11) is 0. The molecule has 1 atom stereocenters. The van der Waals surface area contributed by atoms with Gasteiger partial charge in [0.2, 0.25) is 5.91 Å². The summed E-state index contributed by atoms with van der Waals surface area (Å²) >= 11 is 0. The highest BCUT2D eigenvalue weighted by atomic mass is 16.4. The van der Waals surface area contributed by atoms with Crippen molar-refractivity contribution in [2.24, 2.45) is 5.73 Å². The number of carboxylic acids is 1.